The van der Waals surface area contributed by atoms with E-state index in [-0.39, 0.29) is 19.3 Å². The summed E-state index contributed by atoms with van der Waals surface area (Å²) in [5.74, 6) is 1.12. The van der Waals surface area contributed by atoms with Crippen molar-refractivity contribution >= 4 is 19.6 Å². The first-order chi connectivity index (χ1) is 5.70. The highest BCUT2D eigenvalue weighted by atomic mass is 31.0. The summed E-state index contributed by atoms with van der Waals surface area (Å²) in [5, 5.41) is 8.62. The molecule has 0 aromatic carbocycles. The summed E-state index contributed by atoms with van der Waals surface area (Å²) in [6.45, 7) is 0. The molecule has 12 heavy (non-hydrogen) atoms. The third-order valence-corrected chi connectivity index (χ3v) is 2.42. The Morgan fingerprint density at radius 3 is 3.00 bits per heavy atom. The topological polar surface area (TPSA) is 76.1 Å². The molecule has 62 valence electrons. The molecule has 0 radical (unpaired) electrons. The maximum absolute atomic E-state index is 11.0. The minimum atomic E-state index is -0.500. The first-order valence-corrected chi connectivity index (χ1v) is 4.23. The van der Waals surface area contributed by atoms with Gasteiger partial charge >= 0.3 is 5.97 Å². The van der Waals surface area contributed by atoms with Crippen molar-refractivity contribution in [2.75, 3.05) is 12.8 Å². The Hall–Kier alpha value is -1.46. The fourth-order valence-electron chi connectivity index (χ4n) is 0.831. The van der Waals surface area contributed by atoms with E-state index in [0.29, 0.717) is 5.42 Å². The van der Waals surface area contributed by atoms with E-state index in [2.05, 4.69) is 4.74 Å². The monoisotopic (exact) mass is 182 g/mol. The molecular weight excluding hydrogens is 175 g/mol. The Labute approximate surface area is 71.0 Å². The first-order valence-electron chi connectivity index (χ1n) is 3.16. The number of hydrogen-bond acceptors (Lipinski definition) is 4. The third-order valence-electron chi connectivity index (χ3n) is 1.43. The number of nitrogen functional groups attached to an aromatic ring is 1. The molecule has 1 atom stereocenters. The second-order valence-corrected chi connectivity index (χ2v) is 3.21. The molecule has 0 aliphatic rings. The lowest BCUT2D eigenvalue weighted by Gasteiger charge is -1.94. The molecule has 0 saturated carbocycles. The smallest absolute Gasteiger partial charge is 0.339 e. The van der Waals surface area contributed by atoms with Gasteiger partial charge in [0.15, 0.2) is 0 Å². The Morgan fingerprint density at radius 1 is 1.83 bits per heavy atom. The lowest BCUT2D eigenvalue weighted by atomic mass is 10.2. The van der Waals surface area contributed by atoms with Gasteiger partial charge in [0, 0.05) is 0 Å². The van der Waals surface area contributed by atoms with Crippen LogP contribution in [0.3, 0.4) is 0 Å². The van der Waals surface area contributed by atoms with Crippen molar-refractivity contribution in [1.29, 1.82) is 5.26 Å². The van der Waals surface area contributed by atoms with Crippen molar-refractivity contribution in [3.8, 4) is 6.07 Å². The largest absolute Gasteiger partial charge is 0.465 e. The van der Waals surface area contributed by atoms with Gasteiger partial charge in [0.05, 0.1) is 23.7 Å². The van der Waals surface area contributed by atoms with Gasteiger partial charge in [0.25, 0.3) is 0 Å². The zero-order valence-corrected chi connectivity index (χ0v) is 7.42. The van der Waals surface area contributed by atoms with Crippen molar-refractivity contribution in [1.82, 2.24) is 0 Å². The number of esters is 1. The summed E-state index contributed by atoms with van der Waals surface area (Å²) in [4.78, 5) is 11.0. The molecule has 1 rings (SSSR count). The highest BCUT2D eigenvalue weighted by Gasteiger charge is 2.14. The van der Waals surface area contributed by atoms with Crippen LogP contribution in [0.5, 0.6) is 0 Å². The highest BCUT2D eigenvalue weighted by molar-refractivity contribution is 7.34. The first kappa shape index (κ1) is 8.63. The van der Waals surface area contributed by atoms with Crippen molar-refractivity contribution in [2.45, 2.75) is 0 Å². The zero-order chi connectivity index (χ0) is 9.14. The van der Waals surface area contributed by atoms with Gasteiger partial charge in [0.2, 0.25) is 0 Å². The molecule has 5 heteroatoms. The van der Waals surface area contributed by atoms with Gasteiger partial charge in [-0.25, -0.2) is 4.79 Å². The number of rotatable bonds is 1. The maximum Gasteiger partial charge on any atom is 0.339 e. The minimum absolute atomic E-state index is 0.218. The van der Waals surface area contributed by atoms with Crippen LogP contribution in [-0.4, -0.2) is 13.1 Å². The molecule has 0 saturated heterocycles. The van der Waals surface area contributed by atoms with E-state index >= 15 is 0 Å². The van der Waals surface area contributed by atoms with Gasteiger partial charge in [-0.1, -0.05) is 0 Å². The number of nitrogens with two attached hydrogens (primary N) is 1. The quantitative estimate of drug-likeness (QED) is 0.656. The predicted molar refractivity (Wildman–Crippen MR) is 46.4 cm³/mol. The molecule has 4 nitrogen and oxygen atoms in total. The van der Waals surface area contributed by atoms with Gasteiger partial charge in [0.1, 0.15) is 6.07 Å². The van der Waals surface area contributed by atoms with E-state index in [9.17, 15) is 4.79 Å². The maximum atomic E-state index is 11.0. The van der Waals surface area contributed by atoms with Crippen LogP contribution in [0, 0.1) is 11.3 Å². The molecule has 1 aromatic rings. The van der Waals surface area contributed by atoms with Crippen LogP contribution < -0.4 is 5.73 Å². The van der Waals surface area contributed by atoms with Gasteiger partial charge < -0.3 is 10.5 Å². The Bertz CT molecular complexity index is 351. The fourth-order valence-corrected chi connectivity index (χ4v) is 1.73. The Kier molecular flexibility index (Phi) is 2.37. The van der Waals surface area contributed by atoms with E-state index in [0.717, 1.165) is 0 Å². The normalized spacial score (nSPS) is 9.67. The van der Waals surface area contributed by atoms with Crippen molar-refractivity contribution in [2.24, 2.45) is 0 Å². The number of ether oxygens (including phenoxy) is 1. The van der Waals surface area contributed by atoms with E-state index in [1.165, 1.54) is 7.11 Å². The van der Waals surface area contributed by atoms with Crippen LogP contribution in [-0.2, 0) is 4.74 Å². The number of carbonyl (C=O) groups is 1. The van der Waals surface area contributed by atoms with Crippen LogP contribution in [0.25, 0.3) is 0 Å². The highest BCUT2D eigenvalue weighted by Crippen LogP contribution is 2.28. The Balaban J connectivity index is 3.18. The standard InChI is InChI=1S/C7H7N2O2P/c1-11-7(10)5-3-12-6(9)4(5)2-8/h3,12H,9H2,1H3. The summed E-state index contributed by atoms with van der Waals surface area (Å²) in [5.41, 5.74) is 6.48. The summed E-state index contributed by atoms with van der Waals surface area (Å²) in [7, 11) is 1.49. The van der Waals surface area contributed by atoms with Crippen LogP contribution in [0.15, 0.2) is 5.80 Å². The second kappa shape index (κ2) is 3.29. The molecular formula is C7H7N2O2P. The summed E-state index contributed by atoms with van der Waals surface area (Å²) in [6.07, 6.45) is 0. The van der Waals surface area contributed by atoms with E-state index in [4.69, 9.17) is 11.0 Å². The number of carbonyl (C=O) groups excluding carboxylic acids is 1. The van der Waals surface area contributed by atoms with Crippen LogP contribution in [0.1, 0.15) is 15.9 Å². The van der Waals surface area contributed by atoms with Gasteiger partial charge in [-0.3, -0.25) is 0 Å². The number of anilines is 1. The summed E-state index contributed by atoms with van der Waals surface area (Å²) >= 11 is 0. The zero-order valence-electron chi connectivity index (χ0n) is 6.42. The van der Waals surface area contributed by atoms with E-state index in [1.807, 2.05) is 6.07 Å². The molecule has 0 fully saturated rings. The van der Waals surface area contributed by atoms with Gasteiger partial charge in [-0.2, -0.15) is 5.26 Å². The van der Waals surface area contributed by atoms with Crippen molar-refractivity contribution in [3.63, 3.8) is 0 Å². The molecule has 2 N–H and O–H groups in total. The number of methoxy groups -OCH3 is 1. The molecule has 0 aliphatic heterocycles. The molecule has 0 bridgehead atoms. The van der Waals surface area contributed by atoms with E-state index in [1.54, 1.807) is 5.80 Å². The molecule has 0 amide bonds. The molecule has 1 heterocycles. The van der Waals surface area contributed by atoms with Gasteiger partial charge in [-0.15, -0.1) is 8.19 Å². The average Bonchev–Trinajstić information content (AvgIpc) is 2.45. The number of hydrogen-bond donors (Lipinski definition) is 1. The lowest BCUT2D eigenvalue weighted by molar-refractivity contribution is 0.0601. The lowest BCUT2D eigenvalue weighted by Crippen LogP contribution is -2.02. The second-order valence-electron chi connectivity index (χ2n) is 2.09. The SMILES string of the molecule is COC(=O)c1c[pH]c(N)c1C#N. The molecule has 1 unspecified atom stereocenters. The Morgan fingerprint density at radius 2 is 2.50 bits per heavy atom. The predicted octanol–water partition coefficient (Wildman–Crippen LogP) is 0.958. The molecule has 1 aromatic heterocycles. The number of nitriles is 1. The van der Waals surface area contributed by atoms with Crippen molar-refractivity contribution < 1.29 is 9.53 Å². The minimum Gasteiger partial charge on any atom is -0.465 e. The summed E-state index contributed by atoms with van der Waals surface area (Å²) in [6, 6.07) is 1.87. The van der Waals surface area contributed by atoms with Crippen molar-refractivity contribution in [3.05, 3.63) is 16.9 Å². The molecule has 0 aliphatic carbocycles. The summed E-state index contributed by atoms with van der Waals surface area (Å²) < 4.78 is 4.47. The van der Waals surface area contributed by atoms with Crippen LogP contribution in [0.2, 0.25) is 0 Å². The van der Waals surface area contributed by atoms with E-state index < -0.39 is 5.97 Å². The van der Waals surface area contributed by atoms with Crippen LogP contribution >= 0.6 is 8.19 Å². The third kappa shape index (κ3) is 1.27. The van der Waals surface area contributed by atoms with Gasteiger partial charge in [-0.05, 0) is 5.80 Å². The number of nitrogens with zero attached hydrogens (tertiary/aromatic N) is 1. The average molecular weight is 182 g/mol. The molecule has 0 spiro atoms. The fraction of sp³-hybridized carbons (Fsp3) is 0.143. The van der Waals surface area contributed by atoms with Crippen LogP contribution in [0.4, 0.5) is 5.42 Å².